The minimum atomic E-state index is -0.734. The van der Waals surface area contributed by atoms with Crippen LogP contribution in [0.2, 0.25) is 10.0 Å². The van der Waals surface area contributed by atoms with Gasteiger partial charge in [-0.3, -0.25) is 9.59 Å². The monoisotopic (exact) mass is 512 g/mol. The lowest BCUT2D eigenvalue weighted by Gasteiger charge is -2.32. The molecule has 0 unspecified atom stereocenters. The Morgan fingerprint density at radius 2 is 1.57 bits per heavy atom. The number of ether oxygens (including phenoxy) is 1. The number of nitrogens with zero attached hydrogens (tertiary/aromatic N) is 1. The first kappa shape index (κ1) is 26.6. The Bertz CT molecular complexity index is 1100. The maximum atomic E-state index is 13.7. The molecular formula is C28H30Cl2N2O3. The predicted molar refractivity (Wildman–Crippen MR) is 141 cm³/mol. The third-order valence-corrected chi connectivity index (χ3v) is 6.43. The summed E-state index contributed by atoms with van der Waals surface area (Å²) < 4.78 is 5.22. The molecule has 3 rings (SSSR count). The highest BCUT2D eigenvalue weighted by Gasteiger charge is 2.31. The maximum absolute atomic E-state index is 13.7. The molecular weight excluding hydrogens is 483 g/mol. The molecule has 184 valence electrons. The zero-order valence-corrected chi connectivity index (χ0v) is 21.5. The van der Waals surface area contributed by atoms with Gasteiger partial charge in [0.1, 0.15) is 11.8 Å². The van der Waals surface area contributed by atoms with Gasteiger partial charge in [-0.2, -0.15) is 0 Å². The van der Waals surface area contributed by atoms with Crippen LogP contribution in [0, 0.1) is 0 Å². The molecule has 0 aliphatic heterocycles. The first-order valence-corrected chi connectivity index (χ1v) is 12.4. The first-order chi connectivity index (χ1) is 16.9. The Morgan fingerprint density at radius 1 is 0.914 bits per heavy atom. The largest absolute Gasteiger partial charge is 0.497 e. The fourth-order valence-electron chi connectivity index (χ4n) is 3.79. The van der Waals surface area contributed by atoms with Gasteiger partial charge in [0, 0.05) is 35.1 Å². The van der Waals surface area contributed by atoms with Crippen molar-refractivity contribution in [2.45, 2.75) is 38.8 Å². The van der Waals surface area contributed by atoms with Crippen molar-refractivity contribution >= 4 is 35.0 Å². The Balaban J connectivity index is 1.98. The van der Waals surface area contributed by atoms with Crippen LogP contribution in [0.15, 0.2) is 72.8 Å². The smallest absolute Gasteiger partial charge is 0.243 e. The summed E-state index contributed by atoms with van der Waals surface area (Å²) in [6.07, 6.45) is 1.28. The van der Waals surface area contributed by atoms with Crippen LogP contribution < -0.4 is 10.1 Å². The SMILES string of the molecule is CCCNC(=O)[C@@H](Cc1ccccc1)N(Cc1c(Cl)cccc1Cl)C(=O)Cc1ccc(OC)cc1. The lowest BCUT2D eigenvalue weighted by molar-refractivity contribution is -0.140. The van der Waals surface area contributed by atoms with Crippen LogP contribution in [0.5, 0.6) is 5.75 Å². The molecule has 0 radical (unpaired) electrons. The molecule has 7 heteroatoms. The third-order valence-electron chi connectivity index (χ3n) is 5.72. The summed E-state index contributed by atoms with van der Waals surface area (Å²) in [5.74, 6) is 0.308. The summed E-state index contributed by atoms with van der Waals surface area (Å²) in [4.78, 5) is 28.7. The first-order valence-electron chi connectivity index (χ1n) is 11.6. The minimum absolute atomic E-state index is 0.116. The number of methoxy groups -OCH3 is 1. The molecule has 0 aromatic heterocycles. The van der Waals surface area contributed by atoms with Crippen molar-refractivity contribution in [3.05, 3.63) is 99.5 Å². The molecule has 35 heavy (non-hydrogen) atoms. The van der Waals surface area contributed by atoms with Crippen LogP contribution in [0.25, 0.3) is 0 Å². The molecule has 0 aliphatic rings. The molecule has 3 aromatic carbocycles. The summed E-state index contributed by atoms with van der Waals surface area (Å²) in [6, 6.07) is 21.5. The van der Waals surface area contributed by atoms with E-state index in [1.807, 2.05) is 61.5 Å². The fraction of sp³-hybridized carbons (Fsp3) is 0.286. The van der Waals surface area contributed by atoms with E-state index in [9.17, 15) is 9.59 Å². The summed E-state index contributed by atoms with van der Waals surface area (Å²) in [6.45, 7) is 2.63. The van der Waals surface area contributed by atoms with Gasteiger partial charge < -0.3 is 15.0 Å². The number of rotatable bonds is 11. The van der Waals surface area contributed by atoms with Crippen LogP contribution in [0.3, 0.4) is 0 Å². The quantitative estimate of drug-likeness (QED) is 0.357. The Kier molecular flexibility index (Phi) is 10.0. The number of nitrogens with one attached hydrogen (secondary N) is 1. The molecule has 0 bridgehead atoms. The predicted octanol–water partition coefficient (Wildman–Crippen LogP) is 5.71. The summed E-state index contributed by atoms with van der Waals surface area (Å²) in [5.41, 5.74) is 2.38. The van der Waals surface area contributed by atoms with Gasteiger partial charge in [-0.1, -0.05) is 78.7 Å². The number of benzene rings is 3. The van der Waals surface area contributed by atoms with E-state index in [0.29, 0.717) is 34.3 Å². The van der Waals surface area contributed by atoms with Crippen molar-refractivity contribution in [2.24, 2.45) is 0 Å². The molecule has 3 aromatic rings. The van der Waals surface area contributed by atoms with E-state index >= 15 is 0 Å². The minimum Gasteiger partial charge on any atom is -0.497 e. The van der Waals surface area contributed by atoms with Crippen molar-refractivity contribution in [1.82, 2.24) is 10.2 Å². The molecule has 0 aliphatic carbocycles. The summed E-state index contributed by atoms with van der Waals surface area (Å²) in [7, 11) is 1.60. The van der Waals surface area contributed by atoms with Gasteiger partial charge in [0.15, 0.2) is 0 Å². The van der Waals surface area contributed by atoms with Crippen molar-refractivity contribution in [3.63, 3.8) is 0 Å². The molecule has 0 saturated heterocycles. The van der Waals surface area contributed by atoms with E-state index in [1.54, 1.807) is 30.2 Å². The normalized spacial score (nSPS) is 11.5. The van der Waals surface area contributed by atoms with E-state index in [1.165, 1.54) is 0 Å². The zero-order valence-electron chi connectivity index (χ0n) is 20.0. The van der Waals surface area contributed by atoms with Crippen molar-refractivity contribution in [2.75, 3.05) is 13.7 Å². The highest BCUT2D eigenvalue weighted by Crippen LogP contribution is 2.27. The number of amides is 2. The molecule has 5 nitrogen and oxygen atoms in total. The van der Waals surface area contributed by atoms with Gasteiger partial charge in [0.25, 0.3) is 0 Å². The second-order valence-corrected chi connectivity index (χ2v) is 9.06. The number of halogens is 2. The topological polar surface area (TPSA) is 58.6 Å². The molecule has 1 atom stereocenters. The zero-order chi connectivity index (χ0) is 25.2. The van der Waals surface area contributed by atoms with E-state index in [-0.39, 0.29) is 24.8 Å². The van der Waals surface area contributed by atoms with Crippen molar-refractivity contribution in [3.8, 4) is 5.75 Å². The number of hydrogen-bond acceptors (Lipinski definition) is 3. The molecule has 0 spiro atoms. The molecule has 2 amide bonds. The Labute approximate surface area is 217 Å². The van der Waals surface area contributed by atoms with Crippen LogP contribution in [-0.2, 0) is 29.0 Å². The van der Waals surface area contributed by atoms with Gasteiger partial charge >= 0.3 is 0 Å². The van der Waals surface area contributed by atoms with Crippen LogP contribution in [-0.4, -0.2) is 36.4 Å². The average molecular weight is 513 g/mol. The molecule has 1 N–H and O–H groups in total. The standard InChI is InChI=1S/C28H30Cl2N2O3/c1-3-16-31-28(34)26(17-20-8-5-4-6-9-20)32(19-23-24(29)10-7-11-25(23)30)27(33)18-21-12-14-22(35-2)15-13-21/h4-15,26H,3,16-19H2,1-2H3,(H,31,34)/t26-/m1/s1. The lowest BCUT2D eigenvalue weighted by atomic mass is 10.0. The Hall–Kier alpha value is -3.02. The van der Waals surface area contributed by atoms with Crippen LogP contribution >= 0.6 is 23.2 Å². The van der Waals surface area contributed by atoms with Gasteiger partial charge in [-0.15, -0.1) is 0 Å². The second-order valence-electron chi connectivity index (χ2n) is 8.24. The van der Waals surface area contributed by atoms with Gasteiger partial charge in [-0.25, -0.2) is 0 Å². The highest BCUT2D eigenvalue weighted by atomic mass is 35.5. The van der Waals surface area contributed by atoms with E-state index in [4.69, 9.17) is 27.9 Å². The fourth-order valence-corrected chi connectivity index (χ4v) is 4.31. The Morgan fingerprint density at radius 3 is 2.17 bits per heavy atom. The molecule has 0 saturated carbocycles. The van der Waals surface area contributed by atoms with Crippen LogP contribution in [0.4, 0.5) is 0 Å². The van der Waals surface area contributed by atoms with Crippen molar-refractivity contribution in [1.29, 1.82) is 0 Å². The number of carbonyl (C=O) groups is 2. The third kappa shape index (κ3) is 7.48. The van der Waals surface area contributed by atoms with Crippen LogP contribution in [0.1, 0.15) is 30.0 Å². The average Bonchev–Trinajstić information content (AvgIpc) is 2.87. The van der Waals surface area contributed by atoms with E-state index in [2.05, 4.69) is 5.32 Å². The summed E-state index contributed by atoms with van der Waals surface area (Å²) >= 11 is 12.9. The molecule has 0 fully saturated rings. The second kappa shape index (κ2) is 13.2. The number of carbonyl (C=O) groups excluding carboxylic acids is 2. The van der Waals surface area contributed by atoms with E-state index in [0.717, 1.165) is 17.5 Å². The molecule has 0 heterocycles. The van der Waals surface area contributed by atoms with E-state index < -0.39 is 6.04 Å². The maximum Gasteiger partial charge on any atom is 0.243 e. The van der Waals surface area contributed by atoms with Crippen molar-refractivity contribution < 1.29 is 14.3 Å². The van der Waals surface area contributed by atoms with Gasteiger partial charge in [0.05, 0.1) is 13.5 Å². The number of hydrogen-bond donors (Lipinski definition) is 1. The van der Waals surface area contributed by atoms with Gasteiger partial charge in [0.2, 0.25) is 11.8 Å². The lowest BCUT2D eigenvalue weighted by Crippen LogP contribution is -2.51. The summed E-state index contributed by atoms with van der Waals surface area (Å²) in [5, 5.41) is 3.87. The van der Waals surface area contributed by atoms with Gasteiger partial charge in [-0.05, 0) is 41.8 Å². The highest BCUT2D eigenvalue weighted by molar-refractivity contribution is 6.36.